The van der Waals surface area contributed by atoms with Crippen LogP contribution in [-0.4, -0.2) is 25.3 Å². The van der Waals surface area contributed by atoms with Crippen LogP contribution in [0, 0.1) is 17.8 Å². The molecule has 2 aliphatic carbocycles. The number of nitrogens with one attached hydrogen (secondary N) is 1. The summed E-state index contributed by atoms with van der Waals surface area (Å²) in [5.74, 6) is 3.12. The molecule has 2 aliphatic rings. The number of benzene rings is 1. The normalized spacial score (nSPS) is 28.8. The monoisotopic (exact) mass is 273 g/mol. The highest BCUT2D eigenvalue weighted by atomic mass is 16.5. The SMILES string of the molecule is COc1cccc([C@@H](O)CNC[C@H]2C[C@H]3C=C[C@H]2C3)c1. The van der Waals surface area contributed by atoms with Crippen LogP contribution in [0.4, 0.5) is 0 Å². The van der Waals surface area contributed by atoms with Crippen LogP contribution in [0.3, 0.4) is 0 Å². The molecule has 0 aromatic heterocycles. The number of methoxy groups -OCH3 is 1. The first-order valence-electron chi connectivity index (χ1n) is 7.47. The minimum absolute atomic E-state index is 0.473. The van der Waals surface area contributed by atoms with Gasteiger partial charge in [-0.3, -0.25) is 0 Å². The molecule has 2 bridgehead atoms. The third-order valence-electron chi connectivity index (χ3n) is 4.64. The first-order valence-corrected chi connectivity index (χ1v) is 7.47. The lowest BCUT2D eigenvalue weighted by molar-refractivity contribution is 0.171. The minimum atomic E-state index is -0.473. The molecular formula is C17H23NO2. The van der Waals surface area contributed by atoms with E-state index in [1.165, 1.54) is 12.8 Å². The molecule has 0 saturated heterocycles. The summed E-state index contributed by atoms with van der Waals surface area (Å²) in [5, 5.41) is 13.6. The Morgan fingerprint density at radius 2 is 2.25 bits per heavy atom. The van der Waals surface area contributed by atoms with E-state index in [1.807, 2.05) is 24.3 Å². The van der Waals surface area contributed by atoms with Crippen molar-refractivity contribution in [3.05, 3.63) is 42.0 Å². The second-order valence-corrected chi connectivity index (χ2v) is 5.99. The number of aliphatic hydroxyl groups is 1. The summed E-state index contributed by atoms with van der Waals surface area (Å²) in [7, 11) is 1.65. The lowest BCUT2D eigenvalue weighted by atomic mass is 9.93. The van der Waals surface area contributed by atoms with Crippen molar-refractivity contribution in [3.8, 4) is 5.75 Å². The summed E-state index contributed by atoms with van der Waals surface area (Å²) in [5.41, 5.74) is 0.907. The highest BCUT2D eigenvalue weighted by molar-refractivity contribution is 5.29. The molecule has 3 heteroatoms. The molecule has 108 valence electrons. The summed E-state index contributed by atoms with van der Waals surface area (Å²) >= 11 is 0. The molecule has 0 unspecified atom stereocenters. The number of ether oxygens (including phenoxy) is 1. The van der Waals surface area contributed by atoms with Gasteiger partial charge >= 0.3 is 0 Å². The molecular weight excluding hydrogens is 250 g/mol. The maximum absolute atomic E-state index is 10.2. The topological polar surface area (TPSA) is 41.5 Å². The third kappa shape index (κ3) is 2.89. The van der Waals surface area contributed by atoms with Crippen molar-refractivity contribution in [1.29, 1.82) is 0 Å². The Bertz CT molecular complexity index is 486. The molecule has 0 radical (unpaired) electrons. The Morgan fingerprint density at radius 1 is 1.35 bits per heavy atom. The molecule has 0 amide bonds. The van der Waals surface area contributed by atoms with Crippen molar-refractivity contribution >= 4 is 0 Å². The fraction of sp³-hybridized carbons (Fsp3) is 0.529. The molecule has 4 atom stereocenters. The zero-order valence-corrected chi connectivity index (χ0v) is 12.0. The van der Waals surface area contributed by atoms with Crippen molar-refractivity contribution < 1.29 is 9.84 Å². The van der Waals surface area contributed by atoms with Gasteiger partial charge in [0, 0.05) is 6.54 Å². The van der Waals surface area contributed by atoms with Gasteiger partial charge in [-0.25, -0.2) is 0 Å². The Labute approximate surface area is 120 Å². The van der Waals surface area contributed by atoms with Crippen molar-refractivity contribution in [2.45, 2.75) is 18.9 Å². The fourth-order valence-electron chi connectivity index (χ4n) is 3.50. The smallest absolute Gasteiger partial charge is 0.119 e. The van der Waals surface area contributed by atoms with Gasteiger partial charge in [-0.1, -0.05) is 24.3 Å². The standard InChI is InChI=1S/C17H23NO2/c1-20-16-4-2-3-14(9-16)17(19)11-18-10-15-8-12-5-6-13(15)7-12/h2-6,9,12-13,15,17-19H,7-8,10-11H2,1H3/t12-,13-,15+,17-/m0/s1. The van der Waals surface area contributed by atoms with E-state index in [-0.39, 0.29) is 0 Å². The van der Waals surface area contributed by atoms with E-state index in [4.69, 9.17) is 4.74 Å². The fourth-order valence-corrected chi connectivity index (χ4v) is 3.50. The maximum Gasteiger partial charge on any atom is 0.119 e. The molecule has 3 rings (SSSR count). The van der Waals surface area contributed by atoms with Crippen LogP contribution in [0.25, 0.3) is 0 Å². The second-order valence-electron chi connectivity index (χ2n) is 5.99. The van der Waals surface area contributed by atoms with Gasteiger partial charge in [-0.2, -0.15) is 0 Å². The van der Waals surface area contributed by atoms with Crippen molar-refractivity contribution in [2.24, 2.45) is 17.8 Å². The maximum atomic E-state index is 10.2. The molecule has 1 aromatic rings. The number of hydrogen-bond donors (Lipinski definition) is 2. The van der Waals surface area contributed by atoms with Crippen LogP contribution < -0.4 is 10.1 Å². The van der Waals surface area contributed by atoms with E-state index in [2.05, 4.69) is 17.5 Å². The van der Waals surface area contributed by atoms with Crippen molar-refractivity contribution in [3.63, 3.8) is 0 Å². The quantitative estimate of drug-likeness (QED) is 0.783. The summed E-state index contributed by atoms with van der Waals surface area (Å²) in [6.07, 6.45) is 6.92. The first-order chi connectivity index (χ1) is 9.76. The summed E-state index contributed by atoms with van der Waals surface area (Å²) in [4.78, 5) is 0. The zero-order chi connectivity index (χ0) is 13.9. The first kappa shape index (κ1) is 13.7. The Kier molecular flexibility index (Phi) is 4.08. The van der Waals surface area contributed by atoms with Crippen LogP contribution in [0.2, 0.25) is 0 Å². The van der Waals surface area contributed by atoms with Gasteiger partial charge in [-0.05, 0) is 54.8 Å². The van der Waals surface area contributed by atoms with E-state index in [9.17, 15) is 5.11 Å². The predicted molar refractivity (Wildman–Crippen MR) is 79.7 cm³/mol. The predicted octanol–water partition coefficient (Wildman–Crippen LogP) is 2.53. The van der Waals surface area contributed by atoms with Crippen LogP contribution in [-0.2, 0) is 0 Å². The average Bonchev–Trinajstić information content (AvgIpc) is 3.10. The van der Waals surface area contributed by atoms with Gasteiger partial charge in [0.25, 0.3) is 0 Å². The molecule has 1 saturated carbocycles. The molecule has 1 aromatic carbocycles. The summed E-state index contributed by atoms with van der Waals surface area (Å²) in [6, 6.07) is 7.64. The van der Waals surface area contributed by atoms with E-state index >= 15 is 0 Å². The van der Waals surface area contributed by atoms with Gasteiger partial charge in [-0.15, -0.1) is 0 Å². The number of aliphatic hydroxyl groups excluding tert-OH is 1. The van der Waals surface area contributed by atoms with Crippen LogP contribution in [0.1, 0.15) is 24.5 Å². The minimum Gasteiger partial charge on any atom is -0.497 e. The lowest BCUT2D eigenvalue weighted by Gasteiger charge is -2.20. The lowest BCUT2D eigenvalue weighted by Crippen LogP contribution is -2.29. The van der Waals surface area contributed by atoms with Crippen molar-refractivity contribution in [2.75, 3.05) is 20.2 Å². The Balaban J connectivity index is 1.47. The molecule has 0 spiro atoms. The molecule has 0 heterocycles. The van der Waals surface area contributed by atoms with Gasteiger partial charge in [0.2, 0.25) is 0 Å². The number of fused-ring (bicyclic) bond motifs is 2. The number of hydrogen-bond acceptors (Lipinski definition) is 3. The van der Waals surface area contributed by atoms with E-state index in [0.717, 1.165) is 35.6 Å². The second kappa shape index (κ2) is 5.98. The number of rotatable bonds is 6. The highest BCUT2D eigenvalue weighted by Gasteiger charge is 2.35. The molecule has 2 N–H and O–H groups in total. The van der Waals surface area contributed by atoms with Crippen molar-refractivity contribution in [1.82, 2.24) is 5.32 Å². The highest BCUT2D eigenvalue weighted by Crippen LogP contribution is 2.42. The van der Waals surface area contributed by atoms with Gasteiger partial charge < -0.3 is 15.2 Å². The molecule has 20 heavy (non-hydrogen) atoms. The molecule has 1 fully saturated rings. The van der Waals surface area contributed by atoms with Crippen LogP contribution in [0.15, 0.2) is 36.4 Å². The van der Waals surface area contributed by atoms with E-state index < -0.39 is 6.10 Å². The van der Waals surface area contributed by atoms with Gasteiger partial charge in [0.05, 0.1) is 13.2 Å². The summed E-state index contributed by atoms with van der Waals surface area (Å²) < 4.78 is 5.19. The van der Waals surface area contributed by atoms with E-state index in [1.54, 1.807) is 7.11 Å². The van der Waals surface area contributed by atoms with Crippen LogP contribution >= 0.6 is 0 Å². The largest absolute Gasteiger partial charge is 0.497 e. The van der Waals surface area contributed by atoms with E-state index in [0.29, 0.717) is 6.54 Å². The zero-order valence-electron chi connectivity index (χ0n) is 12.0. The third-order valence-corrected chi connectivity index (χ3v) is 4.64. The number of allylic oxidation sites excluding steroid dienone is 2. The summed E-state index contributed by atoms with van der Waals surface area (Å²) in [6.45, 7) is 1.61. The Morgan fingerprint density at radius 3 is 2.95 bits per heavy atom. The van der Waals surface area contributed by atoms with Crippen LogP contribution in [0.5, 0.6) is 5.75 Å². The Hall–Kier alpha value is -1.32. The average molecular weight is 273 g/mol. The van der Waals surface area contributed by atoms with Gasteiger partial charge in [0.15, 0.2) is 0 Å². The molecule has 3 nitrogen and oxygen atoms in total. The molecule has 0 aliphatic heterocycles. The van der Waals surface area contributed by atoms with Gasteiger partial charge in [0.1, 0.15) is 5.75 Å².